The average Bonchev–Trinajstić information content (AvgIpc) is 1.90. The highest BCUT2D eigenvalue weighted by molar-refractivity contribution is 6.30. The Kier molecular flexibility index (Phi) is 1.94. The van der Waals surface area contributed by atoms with Crippen LogP contribution in [-0.4, -0.2) is 17.5 Å². The molecule has 0 saturated carbocycles. The largest absolute Gasteiger partial charge is 0.281 e. The SMILES string of the molecule is CC1=CC(C)(C)N=CC(C)=N1. The van der Waals surface area contributed by atoms with Crippen LogP contribution in [0.15, 0.2) is 21.8 Å². The van der Waals surface area contributed by atoms with Crippen LogP contribution in [0.4, 0.5) is 0 Å². The van der Waals surface area contributed by atoms with Gasteiger partial charge >= 0.3 is 0 Å². The van der Waals surface area contributed by atoms with E-state index >= 15 is 0 Å². The van der Waals surface area contributed by atoms with Gasteiger partial charge in [0.25, 0.3) is 0 Å². The van der Waals surface area contributed by atoms with Gasteiger partial charge in [-0.15, -0.1) is 0 Å². The Bertz CT molecular complexity index is 244. The zero-order chi connectivity index (χ0) is 8.48. The van der Waals surface area contributed by atoms with E-state index in [0.29, 0.717) is 0 Å². The summed E-state index contributed by atoms with van der Waals surface area (Å²) in [6.45, 7) is 8.10. The highest BCUT2D eigenvalue weighted by Gasteiger charge is 2.13. The molecule has 0 N–H and O–H groups in total. The molecule has 0 aromatic carbocycles. The van der Waals surface area contributed by atoms with Crippen molar-refractivity contribution in [3.8, 4) is 0 Å². The molecule has 1 rings (SSSR count). The fourth-order valence-electron chi connectivity index (χ4n) is 1.15. The summed E-state index contributed by atoms with van der Waals surface area (Å²) >= 11 is 0. The molecule has 60 valence electrons. The number of nitrogens with zero attached hydrogens (tertiary/aromatic N) is 2. The summed E-state index contributed by atoms with van der Waals surface area (Å²) in [6.07, 6.45) is 3.90. The minimum absolute atomic E-state index is 0.0919. The van der Waals surface area contributed by atoms with Crippen LogP contribution < -0.4 is 0 Å². The molecule has 1 heterocycles. The van der Waals surface area contributed by atoms with Crippen LogP contribution in [0.1, 0.15) is 27.7 Å². The minimum atomic E-state index is -0.0919. The van der Waals surface area contributed by atoms with Gasteiger partial charge in [0.1, 0.15) is 0 Å². The first-order valence-corrected chi connectivity index (χ1v) is 3.80. The highest BCUT2D eigenvalue weighted by Crippen LogP contribution is 2.15. The van der Waals surface area contributed by atoms with Crippen LogP contribution in [0, 0.1) is 0 Å². The van der Waals surface area contributed by atoms with Gasteiger partial charge in [-0.25, -0.2) is 0 Å². The summed E-state index contributed by atoms with van der Waals surface area (Å²) in [7, 11) is 0. The van der Waals surface area contributed by atoms with E-state index in [-0.39, 0.29) is 5.54 Å². The second kappa shape index (κ2) is 2.61. The highest BCUT2D eigenvalue weighted by atomic mass is 14.9. The summed E-state index contributed by atoms with van der Waals surface area (Å²) in [4.78, 5) is 8.66. The Labute approximate surface area is 67.8 Å². The Morgan fingerprint density at radius 2 is 1.91 bits per heavy atom. The van der Waals surface area contributed by atoms with E-state index in [0.717, 1.165) is 11.4 Å². The Morgan fingerprint density at radius 1 is 1.27 bits per heavy atom. The normalized spacial score (nSPS) is 22.2. The first-order chi connectivity index (χ1) is 4.99. The third-order valence-corrected chi connectivity index (χ3v) is 1.50. The molecule has 0 radical (unpaired) electrons. The standard InChI is InChI=1S/C9H14N2/c1-7-5-9(3,4)10-6-8(2)11-7/h5-6H,1-4H3. The molecule has 0 aliphatic carbocycles. The molecule has 11 heavy (non-hydrogen) atoms. The second-order valence-electron chi connectivity index (χ2n) is 3.45. The molecule has 1 aliphatic rings. The van der Waals surface area contributed by atoms with Crippen molar-refractivity contribution >= 4 is 11.9 Å². The molecule has 0 spiro atoms. The van der Waals surface area contributed by atoms with Gasteiger partial charge in [-0.05, 0) is 33.8 Å². The molecule has 2 heteroatoms. The van der Waals surface area contributed by atoms with Crippen LogP contribution in [-0.2, 0) is 0 Å². The van der Waals surface area contributed by atoms with E-state index in [2.05, 4.69) is 29.9 Å². The lowest BCUT2D eigenvalue weighted by atomic mass is 10.1. The molecule has 1 aliphatic heterocycles. The van der Waals surface area contributed by atoms with Crippen molar-refractivity contribution in [2.24, 2.45) is 9.98 Å². The fourth-order valence-corrected chi connectivity index (χ4v) is 1.15. The van der Waals surface area contributed by atoms with E-state index in [1.165, 1.54) is 0 Å². The number of aliphatic imine (C=N–C) groups is 2. The van der Waals surface area contributed by atoms with Crippen molar-refractivity contribution in [1.29, 1.82) is 0 Å². The maximum Gasteiger partial charge on any atom is 0.0752 e. The molecule has 0 bridgehead atoms. The first-order valence-electron chi connectivity index (χ1n) is 3.80. The second-order valence-corrected chi connectivity index (χ2v) is 3.45. The Hall–Kier alpha value is -0.920. The smallest absolute Gasteiger partial charge is 0.0752 e. The first kappa shape index (κ1) is 8.18. The number of allylic oxidation sites excluding steroid dienone is 1. The zero-order valence-corrected chi connectivity index (χ0v) is 7.55. The van der Waals surface area contributed by atoms with Gasteiger partial charge in [0, 0.05) is 11.9 Å². The number of rotatable bonds is 0. The van der Waals surface area contributed by atoms with Crippen LogP contribution in [0.25, 0.3) is 0 Å². The molecule has 0 aromatic rings. The number of hydrogen-bond acceptors (Lipinski definition) is 2. The van der Waals surface area contributed by atoms with Crippen molar-refractivity contribution < 1.29 is 0 Å². The van der Waals surface area contributed by atoms with Crippen LogP contribution >= 0.6 is 0 Å². The van der Waals surface area contributed by atoms with Crippen molar-refractivity contribution in [3.05, 3.63) is 11.8 Å². The predicted molar refractivity (Wildman–Crippen MR) is 49.4 cm³/mol. The van der Waals surface area contributed by atoms with E-state index < -0.39 is 0 Å². The Morgan fingerprint density at radius 3 is 2.55 bits per heavy atom. The predicted octanol–water partition coefficient (Wildman–Crippen LogP) is 2.21. The lowest BCUT2D eigenvalue weighted by Crippen LogP contribution is -2.12. The average molecular weight is 150 g/mol. The zero-order valence-electron chi connectivity index (χ0n) is 7.55. The monoisotopic (exact) mass is 150 g/mol. The fraction of sp³-hybridized carbons (Fsp3) is 0.556. The van der Waals surface area contributed by atoms with E-state index in [1.807, 2.05) is 20.1 Å². The molecule has 0 fully saturated rings. The topological polar surface area (TPSA) is 24.7 Å². The molecule has 0 saturated heterocycles. The molecular formula is C9H14N2. The molecule has 0 amide bonds. The van der Waals surface area contributed by atoms with Gasteiger partial charge < -0.3 is 0 Å². The van der Waals surface area contributed by atoms with Gasteiger partial charge in [-0.3, -0.25) is 9.98 Å². The van der Waals surface area contributed by atoms with Crippen molar-refractivity contribution in [1.82, 2.24) is 0 Å². The minimum Gasteiger partial charge on any atom is -0.281 e. The summed E-state index contributed by atoms with van der Waals surface area (Å²) in [5.41, 5.74) is 1.93. The van der Waals surface area contributed by atoms with Gasteiger partial charge in [0.15, 0.2) is 0 Å². The third-order valence-electron chi connectivity index (χ3n) is 1.50. The summed E-state index contributed by atoms with van der Waals surface area (Å²) in [5.74, 6) is 0. The maximum atomic E-state index is 4.35. The molecule has 0 aromatic heterocycles. The van der Waals surface area contributed by atoms with E-state index in [1.54, 1.807) is 0 Å². The third kappa shape index (κ3) is 2.30. The maximum absolute atomic E-state index is 4.35. The molecule has 0 unspecified atom stereocenters. The van der Waals surface area contributed by atoms with Gasteiger partial charge in [0.05, 0.1) is 11.3 Å². The van der Waals surface area contributed by atoms with Crippen molar-refractivity contribution in [2.45, 2.75) is 33.2 Å². The van der Waals surface area contributed by atoms with Crippen LogP contribution in [0.2, 0.25) is 0 Å². The summed E-state index contributed by atoms with van der Waals surface area (Å²) in [5, 5.41) is 0. The molecule has 0 atom stereocenters. The van der Waals surface area contributed by atoms with Gasteiger partial charge in [0.2, 0.25) is 0 Å². The van der Waals surface area contributed by atoms with Crippen molar-refractivity contribution in [2.75, 3.05) is 0 Å². The molecular weight excluding hydrogens is 136 g/mol. The lowest BCUT2D eigenvalue weighted by molar-refractivity contribution is 0.657. The Balaban J connectivity index is 3.02. The summed E-state index contributed by atoms with van der Waals surface area (Å²) < 4.78 is 0. The quantitative estimate of drug-likeness (QED) is 0.506. The van der Waals surface area contributed by atoms with Gasteiger partial charge in [-0.2, -0.15) is 0 Å². The van der Waals surface area contributed by atoms with Crippen LogP contribution in [0.5, 0.6) is 0 Å². The number of hydrogen-bond donors (Lipinski definition) is 0. The summed E-state index contributed by atoms with van der Waals surface area (Å²) in [6, 6.07) is 0. The van der Waals surface area contributed by atoms with Crippen LogP contribution in [0.3, 0.4) is 0 Å². The van der Waals surface area contributed by atoms with E-state index in [9.17, 15) is 0 Å². The van der Waals surface area contributed by atoms with Gasteiger partial charge in [-0.1, -0.05) is 0 Å². The lowest BCUT2D eigenvalue weighted by Gasteiger charge is -2.12. The van der Waals surface area contributed by atoms with Crippen molar-refractivity contribution in [3.63, 3.8) is 0 Å². The molecule has 2 nitrogen and oxygen atoms in total. The van der Waals surface area contributed by atoms with E-state index in [4.69, 9.17) is 0 Å².